The van der Waals surface area contributed by atoms with E-state index in [4.69, 9.17) is 10.1 Å². The molecule has 9 nitrogen and oxygen atoms in total. The van der Waals surface area contributed by atoms with E-state index in [-0.39, 0.29) is 18.1 Å². The van der Waals surface area contributed by atoms with Gasteiger partial charge >= 0.3 is 0 Å². The number of nitrogens with one attached hydrogen (secondary N) is 1. The van der Waals surface area contributed by atoms with E-state index in [1.807, 2.05) is 18.2 Å². The Morgan fingerprint density at radius 2 is 1.94 bits per heavy atom. The zero-order chi connectivity index (χ0) is 25.2. The molecule has 0 unspecified atom stereocenters. The summed E-state index contributed by atoms with van der Waals surface area (Å²) in [4.78, 5) is 36.2. The number of carbonyl (C=O) groups is 1. The number of amides is 1. The largest absolute Gasteiger partial charge is 0.384 e. The van der Waals surface area contributed by atoms with Crippen molar-refractivity contribution in [3.63, 3.8) is 0 Å². The number of aliphatic hydroxyl groups is 1. The van der Waals surface area contributed by atoms with E-state index in [2.05, 4.69) is 27.2 Å². The monoisotopic (exact) mass is 478 g/mol. The van der Waals surface area contributed by atoms with E-state index in [0.29, 0.717) is 44.9 Å². The summed E-state index contributed by atoms with van der Waals surface area (Å²) in [5.74, 6) is 5.43. The first-order valence-electron chi connectivity index (χ1n) is 11.3. The van der Waals surface area contributed by atoms with Crippen molar-refractivity contribution in [1.82, 2.24) is 29.5 Å². The maximum atomic E-state index is 13.8. The van der Waals surface area contributed by atoms with Crippen LogP contribution in [-0.4, -0.2) is 41.8 Å². The highest BCUT2D eigenvalue weighted by molar-refractivity contribution is 6.01. The summed E-state index contributed by atoms with van der Waals surface area (Å²) >= 11 is 0. The fourth-order valence-electron chi connectivity index (χ4n) is 4.20. The summed E-state index contributed by atoms with van der Waals surface area (Å²) in [5.41, 5.74) is 2.54. The predicted octanol–water partition coefficient (Wildman–Crippen LogP) is 2.57. The van der Waals surface area contributed by atoms with E-state index < -0.39 is 6.04 Å². The molecule has 9 heteroatoms. The molecule has 2 N–H and O–H groups in total. The molecule has 0 fully saturated rings. The number of benzene rings is 2. The normalized spacial score (nSPS) is 11.8. The van der Waals surface area contributed by atoms with E-state index in [1.165, 1.54) is 4.57 Å². The lowest BCUT2D eigenvalue weighted by Gasteiger charge is -2.20. The number of hydrogen-bond acceptors (Lipinski definition) is 6. The molecule has 0 aliphatic rings. The minimum Gasteiger partial charge on any atom is -0.384 e. The third kappa shape index (κ3) is 4.00. The number of carbonyl (C=O) groups excluding carboxylic acids is 1. The molecule has 5 rings (SSSR count). The fourth-order valence-corrected chi connectivity index (χ4v) is 4.20. The smallest absolute Gasteiger partial charge is 0.267 e. The Morgan fingerprint density at radius 1 is 1.14 bits per heavy atom. The van der Waals surface area contributed by atoms with Crippen molar-refractivity contribution in [2.75, 3.05) is 6.61 Å². The molecule has 1 amide bonds. The molecular formula is C27H22N6O3. The van der Waals surface area contributed by atoms with Gasteiger partial charge < -0.3 is 10.4 Å². The van der Waals surface area contributed by atoms with Crippen molar-refractivity contribution in [2.45, 2.75) is 19.9 Å². The van der Waals surface area contributed by atoms with Crippen molar-refractivity contribution in [3.8, 4) is 17.5 Å². The molecule has 3 aromatic heterocycles. The van der Waals surface area contributed by atoms with Gasteiger partial charge in [-0.15, -0.1) is 0 Å². The summed E-state index contributed by atoms with van der Waals surface area (Å²) < 4.78 is 3.04. The highest BCUT2D eigenvalue weighted by Crippen LogP contribution is 2.21. The molecule has 0 aliphatic carbocycles. The van der Waals surface area contributed by atoms with Gasteiger partial charge in [-0.05, 0) is 44.2 Å². The SMILES string of the molecule is Cc1nn2cccnc2c1C(=O)N[C@@H](C)c1nc2cccc(C#CCO)c2c(=O)n1-c1ccccc1. The van der Waals surface area contributed by atoms with Gasteiger partial charge in [-0.2, -0.15) is 5.10 Å². The maximum absolute atomic E-state index is 13.8. The average molecular weight is 479 g/mol. The number of nitrogens with zero attached hydrogens (tertiary/aromatic N) is 5. The Bertz CT molecular complexity index is 1730. The maximum Gasteiger partial charge on any atom is 0.267 e. The van der Waals surface area contributed by atoms with Crippen LogP contribution >= 0.6 is 0 Å². The highest BCUT2D eigenvalue weighted by Gasteiger charge is 2.24. The Kier molecular flexibility index (Phi) is 6.02. The zero-order valence-electron chi connectivity index (χ0n) is 19.6. The van der Waals surface area contributed by atoms with Crippen LogP contribution in [0.1, 0.15) is 40.4 Å². The second kappa shape index (κ2) is 9.44. The Labute approximate surface area is 206 Å². The third-order valence-electron chi connectivity index (χ3n) is 5.77. The van der Waals surface area contributed by atoms with E-state index in [0.717, 1.165) is 0 Å². The lowest BCUT2D eigenvalue weighted by atomic mass is 10.1. The van der Waals surface area contributed by atoms with Crippen LogP contribution < -0.4 is 10.9 Å². The highest BCUT2D eigenvalue weighted by atomic mass is 16.2. The molecule has 1 atom stereocenters. The fraction of sp³-hybridized carbons (Fsp3) is 0.148. The van der Waals surface area contributed by atoms with Crippen molar-refractivity contribution in [1.29, 1.82) is 0 Å². The van der Waals surface area contributed by atoms with Gasteiger partial charge in [0, 0.05) is 18.0 Å². The number of fused-ring (bicyclic) bond motifs is 2. The molecule has 0 saturated carbocycles. The Hall–Kier alpha value is -4.81. The van der Waals surface area contributed by atoms with Crippen LogP contribution in [0, 0.1) is 18.8 Å². The lowest BCUT2D eigenvalue weighted by Crippen LogP contribution is -2.33. The molecule has 178 valence electrons. The van der Waals surface area contributed by atoms with Crippen LogP contribution in [0.4, 0.5) is 0 Å². The first-order valence-corrected chi connectivity index (χ1v) is 11.3. The lowest BCUT2D eigenvalue weighted by molar-refractivity contribution is 0.0938. The molecule has 36 heavy (non-hydrogen) atoms. The molecule has 0 aliphatic heterocycles. The molecular weight excluding hydrogens is 456 g/mol. The van der Waals surface area contributed by atoms with Crippen LogP contribution in [0.15, 0.2) is 71.8 Å². The Morgan fingerprint density at radius 3 is 2.72 bits per heavy atom. The standard InChI is InChI=1S/C27H22N6O3/c1-17-22(25-28-14-8-15-32(25)31-17)26(35)29-18(2)24-30-21-13-6-9-19(10-7-16-34)23(21)27(36)33(24)20-11-4-3-5-12-20/h3-6,8-9,11-15,18,34H,16H2,1-2H3,(H,29,35)/t18-/m0/s1. The molecule has 0 bridgehead atoms. The predicted molar refractivity (Wildman–Crippen MR) is 135 cm³/mol. The van der Waals surface area contributed by atoms with E-state index in [9.17, 15) is 9.59 Å². The molecule has 0 spiro atoms. The summed E-state index contributed by atoms with van der Waals surface area (Å²) in [6, 6.07) is 15.4. The quantitative estimate of drug-likeness (QED) is 0.384. The molecule has 0 radical (unpaired) electrons. The van der Waals surface area contributed by atoms with Gasteiger partial charge in [0.05, 0.1) is 28.3 Å². The summed E-state index contributed by atoms with van der Waals surface area (Å²) in [6.45, 7) is 3.20. The van der Waals surface area contributed by atoms with Crippen molar-refractivity contribution < 1.29 is 9.90 Å². The van der Waals surface area contributed by atoms with Gasteiger partial charge in [0.1, 0.15) is 18.0 Å². The van der Waals surface area contributed by atoms with Gasteiger partial charge in [-0.1, -0.05) is 36.1 Å². The van der Waals surface area contributed by atoms with Gasteiger partial charge in [0.15, 0.2) is 5.65 Å². The number of hydrogen-bond donors (Lipinski definition) is 2. The summed E-state index contributed by atoms with van der Waals surface area (Å²) in [5, 5.41) is 16.8. The molecule has 3 heterocycles. The van der Waals surface area contributed by atoms with E-state index >= 15 is 0 Å². The van der Waals surface area contributed by atoms with Crippen LogP contribution in [0.3, 0.4) is 0 Å². The number of para-hydroxylation sites is 1. The van der Waals surface area contributed by atoms with Gasteiger partial charge in [-0.3, -0.25) is 14.2 Å². The number of aryl methyl sites for hydroxylation is 1. The van der Waals surface area contributed by atoms with Crippen molar-refractivity contribution in [3.05, 3.63) is 100.0 Å². The van der Waals surface area contributed by atoms with Gasteiger partial charge in [0.2, 0.25) is 0 Å². The van der Waals surface area contributed by atoms with E-state index in [1.54, 1.807) is 67.2 Å². The number of aliphatic hydroxyl groups excluding tert-OH is 1. The number of aromatic nitrogens is 5. The third-order valence-corrected chi connectivity index (χ3v) is 5.77. The van der Waals surface area contributed by atoms with Crippen molar-refractivity contribution >= 4 is 22.5 Å². The molecule has 0 saturated heterocycles. The topological polar surface area (TPSA) is 114 Å². The van der Waals surface area contributed by atoms with Crippen LogP contribution in [0.25, 0.3) is 22.2 Å². The van der Waals surface area contributed by atoms with Crippen molar-refractivity contribution in [2.24, 2.45) is 0 Å². The molecule has 5 aromatic rings. The minimum absolute atomic E-state index is 0.320. The van der Waals surface area contributed by atoms with Gasteiger partial charge in [-0.25, -0.2) is 14.5 Å². The van der Waals surface area contributed by atoms with Crippen LogP contribution in [0.2, 0.25) is 0 Å². The number of rotatable bonds is 4. The average Bonchev–Trinajstić information content (AvgIpc) is 3.23. The first kappa shape index (κ1) is 23.0. The Balaban J connectivity index is 1.66. The summed E-state index contributed by atoms with van der Waals surface area (Å²) in [6.07, 6.45) is 3.33. The first-order chi connectivity index (χ1) is 17.5. The molecule has 2 aromatic carbocycles. The van der Waals surface area contributed by atoms with Crippen LogP contribution in [-0.2, 0) is 0 Å². The minimum atomic E-state index is -0.639. The van der Waals surface area contributed by atoms with Crippen LogP contribution in [0.5, 0.6) is 0 Å². The second-order valence-electron chi connectivity index (χ2n) is 8.15. The second-order valence-corrected chi connectivity index (χ2v) is 8.15. The zero-order valence-corrected chi connectivity index (χ0v) is 19.6. The summed E-state index contributed by atoms with van der Waals surface area (Å²) in [7, 11) is 0. The van der Waals surface area contributed by atoms with Gasteiger partial charge in [0.25, 0.3) is 11.5 Å².